The zero-order valence-corrected chi connectivity index (χ0v) is 6.67. The highest BCUT2D eigenvalue weighted by atomic mass is 35.5. The maximum Gasteiger partial charge on any atom is 0.0249 e. The molecule has 0 fully saturated rings. The Bertz CT molecular complexity index is 45.8. The van der Waals surface area contributed by atoms with E-state index in [2.05, 4.69) is 6.92 Å². The third-order valence-corrected chi connectivity index (χ3v) is 1.89. The summed E-state index contributed by atoms with van der Waals surface area (Å²) in [5.41, 5.74) is 0. The minimum Gasteiger partial charge on any atom is -0.127 e. The van der Waals surface area contributed by atoms with E-state index in [-0.39, 0.29) is 0 Å². The van der Waals surface area contributed by atoms with Gasteiger partial charge in [-0.1, -0.05) is 6.92 Å². The average Bonchev–Trinajstić information content (AvgIpc) is 1.83. The first-order valence-electron chi connectivity index (χ1n) is 2.93. The minimum absolute atomic E-state index is 0.635. The summed E-state index contributed by atoms with van der Waals surface area (Å²) < 4.78 is 0. The Balaban J connectivity index is 2.86. The van der Waals surface area contributed by atoms with Gasteiger partial charge in [-0.25, -0.2) is 0 Å². The molecule has 0 saturated heterocycles. The Morgan fingerprint density at radius 1 is 1.38 bits per heavy atom. The normalized spacial score (nSPS) is 13.9. The Morgan fingerprint density at radius 3 is 2.38 bits per heavy atom. The molecule has 0 N–H and O–H groups in total. The monoisotopic (exact) mass is 154 g/mol. The van der Waals surface area contributed by atoms with E-state index in [4.69, 9.17) is 23.2 Å². The third kappa shape index (κ3) is 4.73. The summed E-state index contributed by atoms with van der Waals surface area (Å²) in [6.45, 7) is 2.14. The molecular weight excluding hydrogens is 143 g/mol. The molecule has 0 aromatic heterocycles. The number of halogens is 2. The highest BCUT2D eigenvalue weighted by Gasteiger charge is 1.96. The van der Waals surface area contributed by atoms with Gasteiger partial charge in [0.15, 0.2) is 0 Å². The molecule has 0 aromatic carbocycles. The zero-order valence-electron chi connectivity index (χ0n) is 5.16. The van der Waals surface area contributed by atoms with E-state index >= 15 is 0 Å². The van der Waals surface area contributed by atoms with Crippen molar-refractivity contribution in [3.8, 4) is 0 Å². The van der Waals surface area contributed by atoms with Gasteiger partial charge >= 0.3 is 0 Å². The summed E-state index contributed by atoms with van der Waals surface area (Å²) >= 11 is 11.0. The predicted octanol–water partition coefficient (Wildman–Crippen LogP) is 2.88. The molecule has 0 amide bonds. The van der Waals surface area contributed by atoms with Gasteiger partial charge in [0.1, 0.15) is 0 Å². The molecule has 0 aliphatic rings. The molecule has 0 spiro atoms. The van der Waals surface area contributed by atoms with Crippen LogP contribution in [0, 0.1) is 5.92 Å². The van der Waals surface area contributed by atoms with Gasteiger partial charge in [-0.15, -0.1) is 23.2 Å². The summed E-state index contributed by atoms with van der Waals surface area (Å²) in [4.78, 5) is 0. The van der Waals surface area contributed by atoms with Crippen molar-refractivity contribution in [3.63, 3.8) is 0 Å². The van der Waals surface area contributed by atoms with Crippen molar-refractivity contribution in [2.45, 2.75) is 19.8 Å². The number of hydrogen-bond acceptors (Lipinski definition) is 0. The Labute approximate surface area is 61.2 Å². The van der Waals surface area contributed by atoms with E-state index in [9.17, 15) is 0 Å². The molecular formula is C6H12Cl2. The van der Waals surface area contributed by atoms with Crippen LogP contribution in [0.2, 0.25) is 0 Å². The van der Waals surface area contributed by atoms with Crippen LogP contribution in [0.15, 0.2) is 0 Å². The number of hydrogen-bond donors (Lipinski definition) is 0. The lowest BCUT2D eigenvalue weighted by Gasteiger charge is -2.02. The first-order valence-corrected chi connectivity index (χ1v) is 4.00. The summed E-state index contributed by atoms with van der Waals surface area (Å²) in [5, 5.41) is 0. The van der Waals surface area contributed by atoms with Crippen molar-refractivity contribution in [1.82, 2.24) is 0 Å². The highest BCUT2D eigenvalue weighted by molar-refractivity contribution is 6.18. The van der Waals surface area contributed by atoms with Crippen LogP contribution in [0.25, 0.3) is 0 Å². The van der Waals surface area contributed by atoms with Crippen LogP contribution in [0.3, 0.4) is 0 Å². The first-order chi connectivity index (χ1) is 3.81. The van der Waals surface area contributed by atoms with E-state index < -0.39 is 0 Å². The molecule has 0 bridgehead atoms. The van der Waals surface area contributed by atoms with Gasteiger partial charge in [0.05, 0.1) is 0 Å². The first kappa shape index (κ1) is 8.58. The predicted molar refractivity (Wildman–Crippen MR) is 39.8 cm³/mol. The van der Waals surface area contributed by atoms with E-state index in [0.717, 1.165) is 24.6 Å². The van der Waals surface area contributed by atoms with Crippen molar-refractivity contribution in [2.75, 3.05) is 11.8 Å². The van der Waals surface area contributed by atoms with Crippen molar-refractivity contribution >= 4 is 23.2 Å². The average molecular weight is 155 g/mol. The van der Waals surface area contributed by atoms with Gasteiger partial charge in [0.25, 0.3) is 0 Å². The fourth-order valence-electron chi connectivity index (χ4n) is 0.503. The summed E-state index contributed by atoms with van der Waals surface area (Å²) in [6, 6.07) is 0. The second kappa shape index (κ2) is 5.71. The van der Waals surface area contributed by atoms with Crippen LogP contribution in [-0.2, 0) is 0 Å². The molecule has 2 heteroatoms. The van der Waals surface area contributed by atoms with Gasteiger partial charge in [-0.05, 0) is 18.8 Å². The quantitative estimate of drug-likeness (QED) is 0.547. The molecule has 8 heavy (non-hydrogen) atoms. The maximum absolute atomic E-state index is 5.54. The summed E-state index contributed by atoms with van der Waals surface area (Å²) in [6.07, 6.45) is 2.25. The number of rotatable bonds is 4. The molecule has 1 atom stereocenters. The summed E-state index contributed by atoms with van der Waals surface area (Å²) in [5.74, 6) is 2.16. The van der Waals surface area contributed by atoms with Crippen molar-refractivity contribution in [1.29, 1.82) is 0 Å². The van der Waals surface area contributed by atoms with Gasteiger partial charge in [0, 0.05) is 11.8 Å². The molecule has 50 valence electrons. The SMILES string of the molecule is C[C@H](CCl)CCCCl. The van der Waals surface area contributed by atoms with E-state index in [1.54, 1.807) is 0 Å². The van der Waals surface area contributed by atoms with Crippen molar-refractivity contribution in [2.24, 2.45) is 5.92 Å². The van der Waals surface area contributed by atoms with Gasteiger partial charge in [0.2, 0.25) is 0 Å². The lowest BCUT2D eigenvalue weighted by atomic mass is 10.1. The Kier molecular flexibility index (Phi) is 6.13. The lowest BCUT2D eigenvalue weighted by molar-refractivity contribution is 0.584. The summed E-state index contributed by atoms with van der Waals surface area (Å²) in [7, 11) is 0. The molecule has 0 heterocycles. The van der Waals surface area contributed by atoms with E-state index in [1.165, 1.54) is 0 Å². The fourth-order valence-corrected chi connectivity index (χ4v) is 0.811. The number of alkyl halides is 2. The molecule has 0 unspecified atom stereocenters. The molecule has 0 saturated carbocycles. The Hall–Kier alpha value is 0.580. The maximum atomic E-state index is 5.54. The molecule has 0 rings (SSSR count). The minimum atomic E-state index is 0.635. The van der Waals surface area contributed by atoms with Gasteiger partial charge in [-0.3, -0.25) is 0 Å². The van der Waals surface area contributed by atoms with Crippen LogP contribution in [0.1, 0.15) is 19.8 Å². The van der Waals surface area contributed by atoms with Crippen molar-refractivity contribution < 1.29 is 0 Å². The van der Waals surface area contributed by atoms with Crippen LogP contribution in [0.5, 0.6) is 0 Å². The molecule has 0 aromatic rings. The van der Waals surface area contributed by atoms with E-state index in [0.29, 0.717) is 5.92 Å². The van der Waals surface area contributed by atoms with Crippen LogP contribution >= 0.6 is 23.2 Å². The smallest absolute Gasteiger partial charge is 0.0249 e. The van der Waals surface area contributed by atoms with Crippen LogP contribution < -0.4 is 0 Å². The second-order valence-electron chi connectivity index (χ2n) is 2.09. The van der Waals surface area contributed by atoms with Crippen molar-refractivity contribution in [3.05, 3.63) is 0 Å². The third-order valence-electron chi connectivity index (χ3n) is 1.09. The standard InChI is InChI=1S/C6H12Cl2/c1-6(5-8)3-2-4-7/h6H,2-5H2,1H3/t6-/m0/s1. The zero-order chi connectivity index (χ0) is 6.41. The fraction of sp³-hybridized carbons (Fsp3) is 1.00. The second-order valence-corrected chi connectivity index (χ2v) is 2.78. The topological polar surface area (TPSA) is 0 Å². The van der Waals surface area contributed by atoms with Crippen LogP contribution in [0.4, 0.5) is 0 Å². The Morgan fingerprint density at radius 2 is 2.00 bits per heavy atom. The lowest BCUT2D eigenvalue weighted by Crippen LogP contribution is -1.95. The highest BCUT2D eigenvalue weighted by Crippen LogP contribution is 2.07. The van der Waals surface area contributed by atoms with Gasteiger partial charge < -0.3 is 0 Å². The molecule has 0 aliphatic heterocycles. The van der Waals surface area contributed by atoms with Gasteiger partial charge in [-0.2, -0.15) is 0 Å². The molecule has 0 radical (unpaired) electrons. The molecule has 0 aliphatic carbocycles. The van der Waals surface area contributed by atoms with Crippen LogP contribution in [-0.4, -0.2) is 11.8 Å². The van der Waals surface area contributed by atoms with E-state index in [1.807, 2.05) is 0 Å². The molecule has 0 nitrogen and oxygen atoms in total. The largest absolute Gasteiger partial charge is 0.127 e.